The number of imidazole rings is 1. The van der Waals surface area contributed by atoms with Crippen molar-refractivity contribution in [3.05, 3.63) is 52.9 Å². The second-order valence-corrected chi connectivity index (χ2v) is 7.74. The monoisotopic (exact) mass is 390 g/mol. The van der Waals surface area contributed by atoms with Gasteiger partial charge in [-0.1, -0.05) is 0 Å². The Morgan fingerprint density at radius 2 is 2.07 bits per heavy atom. The molecule has 2 unspecified atom stereocenters. The predicted molar refractivity (Wildman–Crippen MR) is 111 cm³/mol. The molecule has 1 saturated heterocycles. The lowest BCUT2D eigenvalue weighted by Gasteiger charge is -2.38. The number of pyridine rings is 1. The largest absolute Gasteiger partial charge is 0.403 e. The highest BCUT2D eigenvalue weighted by Gasteiger charge is 2.24. The molecule has 0 aromatic carbocycles. The third kappa shape index (κ3) is 3.15. The minimum atomic E-state index is -0.447. The Labute approximate surface area is 167 Å². The third-order valence-electron chi connectivity index (χ3n) is 5.39. The Hall–Kier alpha value is -3.26. The molecule has 1 fully saturated rings. The normalized spacial score (nSPS) is 19.9. The highest BCUT2D eigenvalue weighted by Crippen LogP contribution is 2.24. The molecular formula is C21H22N6O2. The van der Waals surface area contributed by atoms with Crippen LogP contribution in [0.3, 0.4) is 0 Å². The number of hydrogen-bond donors (Lipinski definition) is 1. The molecular weight excluding hydrogens is 368 g/mol. The van der Waals surface area contributed by atoms with Crippen LogP contribution in [-0.4, -0.2) is 44.5 Å². The van der Waals surface area contributed by atoms with Gasteiger partial charge in [-0.2, -0.15) is 4.98 Å². The van der Waals surface area contributed by atoms with Crippen molar-refractivity contribution in [2.75, 3.05) is 18.0 Å². The quantitative estimate of drug-likeness (QED) is 0.562. The minimum Gasteiger partial charge on any atom is -0.403 e. The summed E-state index contributed by atoms with van der Waals surface area (Å²) < 4.78 is 7.44. The first-order valence-electron chi connectivity index (χ1n) is 9.74. The van der Waals surface area contributed by atoms with Crippen LogP contribution in [0.25, 0.3) is 28.0 Å². The maximum absolute atomic E-state index is 12.7. The van der Waals surface area contributed by atoms with Crippen molar-refractivity contribution in [1.82, 2.24) is 24.7 Å². The molecule has 0 amide bonds. The van der Waals surface area contributed by atoms with Crippen LogP contribution in [0.15, 0.2) is 46.0 Å². The number of anilines is 1. The van der Waals surface area contributed by atoms with Crippen molar-refractivity contribution in [3.8, 4) is 11.3 Å². The van der Waals surface area contributed by atoms with Gasteiger partial charge in [0.25, 0.3) is 0 Å². The number of rotatable bonds is 2. The summed E-state index contributed by atoms with van der Waals surface area (Å²) in [5.74, 6) is 0.823. The van der Waals surface area contributed by atoms with Gasteiger partial charge in [0.05, 0.1) is 23.1 Å². The van der Waals surface area contributed by atoms with E-state index in [2.05, 4.69) is 39.0 Å². The van der Waals surface area contributed by atoms with Crippen molar-refractivity contribution < 1.29 is 4.42 Å². The lowest BCUT2D eigenvalue weighted by atomic mass is 10.1. The lowest BCUT2D eigenvalue weighted by Crippen LogP contribution is -2.54. The van der Waals surface area contributed by atoms with Crippen molar-refractivity contribution in [2.45, 2.75) is 32.9 Å². The van der Waals surface area contributed by atoms with E-state index in [4.69, 9.17) is 4.42 Å². The second kappa shape index (κ2) is 6.66. The number of aryl methyl sites for hydroxylation is 1. The first-order chi connectivity index (χ1) is 14.0. The first-order valence-corrected chi connectivity index (χ1v) is 9.74. The third-order valence-corrected chi connectivity index (χ3v) is 5.39. The zero-order valence-electron chi connectivity index (χ0n) is 16.6. The van der Waals surface area contributed by atoms with E-state index >= 15 is 0 Å². The molecule has 5 heterocycles. The van der Waals surface area contributed by atoms with Gasteiger partial charge >= 0.3 is 5.63 Å². The number of piperazine rings is 1. The fraction of sp³-hybridized carbons (Fsp3) is 0.333. The number of aromatic nitrogens is 4. The molecule has 8 heteroatoms. The van der Waals surface area contributed by atoms with Crippen molar-refractivity contribution in [1.29, 1.82) is 0 Å². The van der Waals surface area contributed by atoms with Gasteiger partial charge in [0, 0.05) is 43.0 Å². The summed E-state index contributed by atoms with van der Waals surface area (Å²) in [6, 6.07) is 6.43. The Bertz CT molecular complexity index is 1280. The van der Waals surface area contributed by atoms with Gasteiger partial charge in [-0.25, -0.2) is 9.78 Å². The van der Waals surface area contributed by atoms with Crippen LogP contribution in [0.4, 0.5) is 5.82 Å². The number of nitrogens with zero attached hydrogens (tertiary/aromatic N) is 5. The Morgan fingerprint density at radius 1 is 1.21 bits per heavy atom. The van der Waals surface area contributed by atoms with Gasteiger partial charge < -0.3 is 19.0 Å². The summed E-state index contributed by atoms with van der Waals surface area (Å²) in [6.45, 7) is 7.97. The minimum absolute atomic E-state index is 0.317. The van der Waals surface area contributed by atoms with Gasteiger partial charge in [-0.15, -0.1) is 0 Å². The van der Waals surface area contributed by atoms with Crippen LogP contribution in [-0.2, 0) is 0 Å². The summed E-state index contributed by atoms with van der Waals surface area (Å²) in [5.41, 5.74) is 2.42. The van der Waals surface area contributed by atoms with E-state index in [1.54, 1.807) is 12.3 Å². The van der Waals surface area contributed by atoms with Crippen LogP contribution in [0.5, 0.6) is 0 Å². The fourth-order valence-corrected chi connectivity index (χ4v) is 3.80. The summed E-state index contributed by atoms with van der Waals surface area (Å²) in [6.07, 6.45) is 5.37. The van der Waals surface area contributed by atoms with E-state index < -0.39 is 5.63 Å². The van der Waals surface area contributed by atoms with Gasteiger partial charge in [0.15, 0.2) is 5.65 Å². The summed E-state index contributed by atoms with van der Waals surface area (Å²) in [7, 11) is 0. The smallest absolute Gasteiger partial charge is 0.347 e. The molecule has 2 atom stereocenters. The molecule has 148 valence electrons. The number of fused-ring (bicyclic) bond motifs is 2. The molecule has 29 heavy (non-hydrogen) atoms. The molecule has 4 aromatic rings. The average Bonchev–Trinajstić information content (AvgIpc) is 3.11. The van der Waals surface area contributed by atoms with E-state index in [0.29, 0.717) is 34.7 Å². The van der Waals surface area contributed by atoms with Crippen molar-refractivity contribution >= 4 is 22.6 Å². The lowest BCUT2D eigenvalue weighted by molar-refractivity contribution is 0.422. The van der Waals surface area contributed by atoms with Crippen molar-refractivity contribution in [3.63, 3.8) is 0 Å². The number of hydrogen-bond acceptors (Lipinski definition) is 7. The molecule has 0 spiro atoms. The average molecular weight is 390 g/mol. The molecule has 0 saturated carbocycles. The summed E-state index contributed by atoms with van der Waals surface area (Å²) in [5, 5.41) is 4.23. The highest BCUT2D eigenvalue weighted by molar-refractivity contribution is 5.80. The zero-order valence-corrected chi connectivity index (χ0v) is 16.6. The maximum Gasteiger partial charge on any atom is 0.347 e. The fourth-order valence-electron chi connectivity index (χ4n) is 3.80. The van der Waals surface area contributed by atoms with Gasteiger partial charge in [0.2, 0.25) is 5.71 Å². The van der Waals surface area contributed by atoms with E-state index in [0.717, 1.165) is 30.0 Å². The molecule has 1 aliphatic heterocycles. The van der Waals surface area contributed by atoms with Gasteiger partial charge in [0.1, 0.15) is 5.82 Å². The molecule has 1 aliphatic rings. The van der Waals surface area contributed by atoms with Crippen LogP contribution >= 0.6 is 0 Å². The standard InChI is InChI=1S/C21H22N6O2/c1-12-9-26-11-17(24-19(26)8-23-12)16-6-15-4-5-18(25-20(15)29-21(16)28)27-10-13(2)22-7-14(27)3/h4-6,8-9,11,13-14,22H,7,10H2,1-3H3. The van der Waals surface area contributed by atoms with E-state index in [1.165, 1.54) is 0 Å². The zero-order chi connectivity index (χ0) is 20.1. The molecule has 0 aliphatic carbocycles. The van der Waals surface area contributed by atoms with E-state index in [1.807, 2.05) is 35.9 Å². The Kier molecular flexibility index (Phi) is 4.09. The number of nitrogens with one attached hydrogen (secondary N) is 1. The second-order valence-electron chi connectivity index (χ2n) is 7.74. The topological polar surface area (TPSA) is 88.6 Å². The molecule has 4 aromatic heterocycles. The summed E-state index contributed by atoms with van der Waals surface area (Å²) >= 11 is 0. The van der Waals surface area contributed by atoms with Gasteiger partial charge in [-0.3, -0.25) is 4.98 Å². The van der Waals surface area contributed by atoms with Crippen LogP contribution < -0.4 is 15.8 Å². The van der Waals surface area contributed by atoms with E-state index in [9.17, 15) is 4.79 Å². The predicted octanol–water partition coefficient (Wildman–Crippen LogP) is 2.39. The molecule has 8 nitrogen and oxygen atoms in total. The Morgan fingerprint density at radius 3 is 2.93 bits per heavy atom. The van der Waals surface area contributed by atoms with Crippen LogP contribution in [0.2, 0.25) is 0 Å². The van der Waals surface area contributed by atoms with E-state index in [-0.39, 0.29) is 0 Å². The van der Waals surface area contributed by atoms with Gasteiger partial charge in [-0.05, 0) is 39.0 Å². The van der Waals surface area contributed by atoms with Crippen LogP contribution in [0, 0.1) is 6.92 Å². The molecule has 0 bridgehead atoms. The Balaban J connectivity index is 1.57. The maximum atomic E-state index is 12.7. The van der Waals surface area contributed by atoms with Crippen molar-refractivity contribution in [2.24, 2.45) is 0 Å². The first kappa shape index (κ1) is 17.8. The highest BCUT2D eigenvalue weighted by atomic mass is 16.4. The molecule has 5 rings (SSSR count). The molecule has 1 N–H and O–H groups in total. The van der Waals surface area contributed by atoms with Crippen LogP contribution in [0.1, 0.15) is 19.5 Å². The molecule has 0 radical (unpaired) electrons. The SMILES string of the molecule is Cc1cn2cc(-c3cc4ccc(N5CC(C)NCC5C)nc4oc3=O)nc2cn1. The summed E-state index contributed by atoms with van der Waals surface area (Å²) in [4.78, 5) is 28.3.